The molecule has 0 aliphatic carbocycles. The average Bonchev–Trinajstić information content (AvgIpc) is 2.86. The first-order valence-electron chi connectivity index (χ1n) is 13.0. The van der Waals surface area contributed by atoms with Crippen molar-refractivity contribution in [2.24, 2.45) is 5.73 Å². The van der Waals surface area contributed by atoms with Gasteiger partial charge in [0.1, 0.15) is 5.75 Å². The zero-order chi connectivity index (χ0) is 27.2. The number of unbranched alkanes of at least 4 members (excludes halogenated alkanes) is 7. The number of phenolic OH excluding ortho intramolecular Hbond substituents is 1. The molecule has 1 aromatic rings. The molecule has 0 saturated carbocycles. The molecule has 0 aliphatic rings. The van der Waals surface area contributed by atoms with E-state index in [2.05, 4.69) is 6.08 Å². The average molecular weight is 510 g/mol. The molecule has 6 nitrogen and oxygen atoms in total. The molecule has 0 aromatic heterocycles. The summed E-state index contributed by atoms with van der Waals surface area (Å²) in [6.07, 6.45) is 30.8. The van der Waals surface area contributed by atoms with Crippen molar-refractivity contribution < 1.29 is 25.2 Å². The van der Waals surface area contributed by atoms with Crippen LogP contribution in [0.5, 0.6) is 5.75 Å². The summed E-state index contributed by atoms with van der Waals surface area (Å²) in [7, 11) is 0. The maximum atomic E-state index is 10.3. The normalized spacial score (nSPS) is 13.9. The first-order valence-corrected chi connectivity index (χ1v) is 13.0. The highest BCUT2D eigenvalue weighted by atomic mass is 16.5. The van der Waals surface area contributed by atoms with Crippen LogP contribution in [0, 0.1) is 0 Å². The molecule has 0 aliphatic heterocycles. The van der Waals surface area contributed by atoms with Gasteiger partial charge in [-0.2, -0.15) is 0 Å². The lowest BCUT2D eigenvalue weighted by Crippen LogP contribution is -2.49. The van der Waals surface area contributed by atoms with Crippen molar-refractivity contribution >= 4 is 5.97 Å². The summed E-state index contributed by atoms with van der Waals surface area (Å²) in [5, 5.41) is 38.4. The van der Waals surface area contributed by atoms with E-state index in [-0.39, 0.29) is 12.2 Å². The summed E-state index contributed by atoms with van der Waals surface area (Å²) in [6.45, 7) is 0. The lowest BCUT2D eigenvalue weighted by Gasteiger charge is -2.28. The number of hydrogen-bond acceptors (Lipinski definition) is 5. The van der Waals surface area contributed by atoms with Crippen molar-refractivity contribution in [1.82, 2.24) is 0 Å². The largest absolute Gasteiger partial charge is 0.508 e. The second-order valence-electron chi connectivity index (χ2n) is 9.03. The fourth-order valence-corrected chi connectivity index (χ4v) is 3.59. The van der Waals surface area contributed by atoms with Crippen molar-refractivity contribution in [3.63, 3.8) is 0 Å². The Bertz CT molecular complexity index is 923. The van der Waals surface area contributed by atoms with Gasteiger partial charge in [0, 0.05) is 12.5 Å². The molecule has 1 rings (SSSR count). The summed E-state index contributed by atoms with van der Waals surface area (Å²) < 4.78 is 0. The first-order chi connectivity index (χ1) is 17.8. The number of nitrogens with two attached hydrogens (primary N) is 1. The summed E-state index contributed by atoms with van der Waals surface area (Å²) in [4.78, 5) is 10.3. The maximum absolute atomic E-state index is 10.3. The Morgan fingerprint density at radius 3 is 1.81 bits per heavy atom. The van der Waals surface area contributed by atoms with Gasteiger partial charge in [-0.1, -0.05) is 111 Å². The van der Waals surface area contributed by atoms with Crippen molar-refractivity contribution in [1.29, 1.82) is 0 Å². The van der Waals surface area contributed by atoms with E-state index in [1.54, 1.807) is 36.4 Å². The number of carboxylic acids is 1. The first kappa shape index (κ1) is 31.8. The minimum absolute atomic E-state index is 0.177. The highest BCUT2D eigenvalue weighted by molar-refractivity contribution is 5.80. The number of carboxylic acid groups (broad SMARTS) is 1. The molecule has 0 bridgehead atoms. The minimum Gasteiger partial charge on any atom is -0.508 e. The van der Waals surface area contributed by atoms with Crippen molar-refractivity contribution in [3.8, 4) is 5.75 Å². The van der Waals surface area contributed by atoms with E-state index in [9.17, 15) is 20.1 Å². The van der Waals surface area contributed by atoms with E-state index < -0.39 is 17.8 Å². The van der Waals surface area contributed by atoms with Crippen LogP contribution in [0.15, 0.2) is 97.2 Å². The van der Waals surface area contributed by atoms with Crippen LogP contribution >= 0.6 is 0 Å². The van der Waals surface area contributed by atoms with Crippen LogP contribution in [0.1, 0.15) is 63.4 Å². The fourth-order valence-electron chi connectivity index (χ4n) is 3.59. The molecule has 0 saturated heterocycles. The van der Waals surface area contributed by atoms with E-state index in [1.165, 1.54) is 18.9 Å². The van der Waals surface area contributed by atoms with Crippen molar-refractivity contribution in [3.05, 3.63) is 103 Å². The fraction of sp³-hybridized carbons (Fsp3) is 0.387. The zero-order valence-electron chi connectivity index (χ0n) is 21.7. The molecule has 0 radical (unpaired) electrons. The Labute approximate surface area is 221 Å². The van der Waals surface area contributed by atoms with E-state index in [1.807, 2.05) is 42.5 Å². The number of benzene rings is 1. The predicted molar refractivity (Wildman–Crippen MR) is 151 cm³/mol. The van der Waals surface area contributed by atoms with Crippen LogP contribution in [0.4, 0.5) is 0 Å². The summed E-state index contributed by atoms with van der Waals surface area (Å²) >= 11 is 0. The smallest absolute Gasteiger partial charge is 0.328 e. The van der Waals surface area contributed by atoms with Crippen LogP contribution in [-0.4, -0.2) is 38.2 Å². The molecule has 202 valence electrons. The monoisotopic (exact) mass is 509 g/mol. The number of rotatable bonds is 19. The Hall–Kier alpha value is -3.19. The SMILES string of the molecule is N[C@@H](Cc1ccc(O)cc1)C(O)(O)CCCCCCCCCC=CC=CC=CC=CC=CC=CC(=O)O. The van der Waals surface area contributed by atoms with Crippen LogP contribution in [0.3, 0.4) is 0 Å². The molecule has 0 amide bonds. The van der Waals surface area contributed by atoms with E-state index in [0.29, 0.717) is 6.42 Å². The number of phenols is 1. The molecule has 6 heteroatoms. The third-order valence-electron chi connectivity index (χ3n) is 5.78. The van der Waals surface area contributed by atoms with Gasteiger partial charge in [0.25, 0.3) is 0 Å². The Kier molecular flexibility index (Phi) is 17.2. The molecule has 0 fully saturated rings. The van der Waals surface area contributed by atoms with Crippen LogP contribution in [-0.2, 0) is 11.2 Å². The zero-order valence-corrected chi connectivity index (χ0v) is 21.7. The number of hydrogen-bond donors (Lipinski definition) is 5. The van der Waals surface area contributed by atoms with Crippen LogP contribution in [0.2, 0.25) is 0 Å². The van der Waals surface area contributed by atoms with Gasteiger partial charge < -0.3 is 26.2 Å². The van der Waals surface area contributed by atoms with Crippen LogP contribution < -0.4 is 5.73 Å². The lowest BCUT2D eigenvalue weighted by molar-refractivity contribution is -0.181. The van der Waals surface area contributed by atoms with Gasteiger partial charge in [-0.25, -0.2) is 4.79 Å². The second-order valence-corrected chi connectivity index (χ2v) is 9.03. The van der Waals surface area contributed by atoms with Gasteiger partial charge in [-0.05, 0) is 43.4 Å². The Morgan fingerprint density at radius 1 is 0.757 bits per heavy atom. The number of aliphatic carboxylic acids is 1. The van der Waals surface area contributed by atoms with Crippen LogP contribution in [0.25, 0.3) is 0 Å². The summed E-state index contributed by atoms with van der Waals surface area (Å²) in [6, 6.07) is 5.85. The van der Waals surface area contributed by atoms with Crippen molar-refractivity contribution in [2.45, 2.75) is 76.0 Å². The van der Waals surface area contributed by atoms with Gasteiger partial charge in [0.05, 0.1) is 6.04 Å². The minimum atomic E-state index is -1.88. The third-order valence-corrected chi connectivity index (χ3v) is 5.78. The summed E-state index contributed by atoms with van der Waals surface area (Å²) in [5.41, 5.74) is 6.88. The standard InChI is InChI=1S/C31H43NO5/c32-29(26-27-21-23-28(33)24-22-27)31(36,37)25-19-17-15-13-11-9-7-5-3-1-2-4-6-8-10-12-14-16-18-20-30(34)35/h1-4,6,8,10,12,14,16,18,20-24,29,33,36-37H,5,7,9,11,13,15,17,19,25-26,32H2,(H,34,35)/t29-/m0/s1. The van der Waals surface area contributed by atoms with Gasteiger partial charge in [-0.15, -0.1) is 0 Å². The second kappa shape index (κ2) is 19.9. The number of aromatic hydroxyl groups is 1. The topological polar surface area (TPSA) is 124 Å². The van der Waals surface area contributed by atoms with Crippen molar-refractivity contribution in [2.75, 3.05) is 0 Å². The molecule has 0 unspecified atom stereocenters. The highest BCUT2D eigenvalue weighted by Crippen LogP contribution is 2.20. The Morgan fingerprint density at radius 2 is 1.24 bits per heavy atom. The molecular formula is C31H43NO5. The highest BCUT2D eigenvalue weighted by Gasteiger charge is 2.30. The molecule has 0 spiro atoms. The number of aliphatic hydroxyl groups is 2. The van der Waals surface area contributed by atoms with Gasteiger partial charge in [0.15, 0.2) is 5.79 Å². The number of carbonyl (C=O) groups is 1. The maximum Gasteiger partial charge on any atom is 0.328 e. The van der Waals surface area contributed by atoms with E-state index in [0.717, 1.165) is 50.2 Å². The molecule has 1 aromatic carbocycles. The molecule has 1 atom stereocenters. The van der Waals surface area contributed by atoms with Gasteiger partial charge in [0.2, 0.25) is 0 Å². The Balaban J connectivity index is 2.02. The van der Waals surface area contributed by atoms with E-state index >= 15 is 0 Å². The van der Waals surface area contributed by atoms with E-state index in [4.69, 9.17) is 10.8 Å². The number of allylic oxidation sites excluding steroid dienone is 11. The summed E-state index contributed by atoms with van der Waals surface area (Å²) in [5.74, 6) is -2.67. The molecule has 37 heavy (non-hydrogen) atoms. The van der Waals surface area contributed by atoms with Gasteiger partial charge >= 0.3 is 5.97 Å². The third kappa shape index (κ3) is 17.8. The molecule has 0 heterocycles. The predicted octanol–water partition coefficient (Wildman–Crippen LogP) is 5.88. The van der Waals surface area contributed by atoms with Gasteiger partial charge in [-0.3, -0.25) is 0 Å². The molecular weight excluding hydrogens is 466 g/mol. The molecule has 6 N–H and O–H groups in total. The lowest BCUT2D eigenvalue weighted by atomic mass is 9.94. The quantitative estimate of drug-likeness (QED) is 0.0687.